The molecule has 0 saturated heterocycles. The van der Waals surface area contributed by atoms with Crippen LogP contribution in [0.5, 0.6) is 11.6 Å². The van der Waals surface area contributed by atoms with E-state index in [4.69, 9.17) is 16.3 Å². The van der Waals surface area contributed by atoms with Crippen molar-refractivity contribution >= 4 is 23.0 Å². The van der Waals surface area contributed by atoms with Crippen molar-refractivity contribution < 1.29 is 27.8 Å². The number of Topliss-reactive ketones (excluding diaryl/α,β-unsaturated/α-hetero) is 1. The highest BCUT2D eigenvalue weighted by Crippen LogP contribution is 2.46. The van der Waals surface area contributed by atoms with E-state index in [9.17, 15) is 23.1 Å². The Balaban J connectivity index is 1.71. The van der Waals surface area contributed by atoms with Crippen molar-refractivity contribution in [2.24, 2.45) is 11.8 Å². The van der Waals surface area contributed by atoms with E-state index in [0.29, 0.717) is 30.2 Å². The molecule has 30 heavy (non-hydrogen) atoms. The number of aliphatic hydroxyl groups is 1. The lowest BCUT2D eigenvalue weighted by Gasteiger charge is -2.23. The van der Waals surface area contributed by atoms with Crippen LogP contribution in [0.1, 0.15) is 42.9 Å². The van der Waals surface area contributed by atoms with Crippen LogP contribution in [-0.2, 0) is 17.4 Å². The van der Waals surface area contributed by atoms with Crippen LogP contribution in [0.4, 0.5) is 13.2 Å². The number of aliphatic hydroxyl groups excluding tert-OH is 1. The molecule has 1 heterocycles. The zero-order valence-corrected chi connectivity index (χ0v) is 16.8. The number of carbonyl (C=O) groups excluding carboxylic acids is 1. The summed E-state index contributed by atoms with van der Waals surface area (Å²) in [6.45, 7) is 1.94. The smallest absolute Gasteiger partial charge is 0.417 e. The molecule has 2 unspecified atom stereocenters. The van der Waals surface area contributed by atoms with Gasteiger partial charge in [0.25, 0.3) is 0 Å². The highest BCUT2D eigenvalue weighted by Gasteiger charge is 2.41. The van der Waals surface area contributed by atoms with E-state index >= 15 is 0 Å². The number of pyridine rings is 1. The van der Waals surface area contributed by atoms with E-state index in [0.717, 1.165) is 24.5 Å². The molecule has 2 bridgehead atoms. The third-order valence-corrected chi connectivity index (χ3v) is 6.04. The number of hydrogen-bond donors (Lipinski definition) is 1. The molecule has 0 spiro atoms. The third-order valence-electron chi connectivity index (χ3n) is 5.77. The third kappa shape index (κ3) is 3.67. The second kappa shape index (κ2) is 7.61. The van der Waals surface area contributed by atoms with Gasteiger partial charge < -0.3 is 9.84 Å². The molecule has 2 aliphatic carbocycles. The molecule has 2 atom stereocenters. The van der Waals surface area contributed by atoms with E-state index in [1.54, 1.807) is 18.2 Å². The van der Waals surface area contributed by atoms with Crippen molar-refractivity contribution in [2.75, 3.05) is 0 Å². The van der Waals surface area contributed by atoms with Gasteiger partial charge in [-0.25, -0.2) is 4.98 Å². The highest BCUT2D eigenvalue weighted by atomic mass is 35.5. The van der Waals surface area contributed by atoms with Crippen LogP contribution in [0.2, 0.25) is 5.02 Å². The predicted octanol–water partition coefficient (Wildman–Crippen LogP) is 6.38. The van der Waals surface area contributed by atoms with Gasteiger partial charge in [-0.1, -0.05) is 24.6 Å². The summed E-state index contributed by atoms with van der Waals surface area (Å²) in [5.41, 5.74) is 0.796. The lowest BCUT2D eigenvalue weighted by Crippen LogP contribution is -2.22. The number of aryl methyl sites for hydroxylation is 1. The Bertz CT molecular complexity index is 1050. The molecule has 1 saturated carbocycles. The van der Waals surface area contributed by atoms with Gasteiger partial charge in [-0.05, 0) is 55.0 Å². The van der Waals surface area contributed by atoms with Crippen molar-refractivity contribution in [1.29, 1.82) is 0 Å². The summed E-state index contributed by atoms with van der Waals surface area (Å²) >= 11 is 5.93. The zero-order chi connectivity index (χ0) is 21.6. The van der Waals surface area contributed by atoms with Crippen molar-refractivity contribution in [3.05, 3.63) is 57.9 Å². The van der Waals surface area contributed by atoms with E-state index in [2.05, 4.69) is 4.98 Å². The van der Waals surface area contributed by atoms with Crippen LogP contribution in [0, 0.1) is 11.8 Å². The minimum Gasteiger partial charge on any atom is -0.511 e. The summed E-state index contributed by atoms with van der Waals surface area (Å²) in [6, 6.07) is 5.77. The van der Waals surface area contributed by atoms with Gasteiger partial charge in [0.05, 0.1) is 11.1 Å². The largest absolute Gasteiger partial charge is 0.511 e. The number of ketones is 1. The van der Waals surface area contributed by atoms with Gasteiger partial charge in [0.2, 0.25) is 5.88 Å². The van der Waals surface area contributed by atoms with E-state index < -0.39 is 11.7 Å². The molecule has 2 aromatic rings. The van der Waals surface area contributed by atoms with Crippen LogP contribution in [0.15, 0.2) is 36.2 Å². The summed E-state index contributed by atoms with van der Waals surface area (Å²) in [5.74, 6) is 0.0461. The topological polar surface area (TPSA) is 59.4 Å². The molecule has 1 fully saturated rings. The average Bonchev–Trinajstić information content (AvgIpc) is 3.15. The number of allylic oxidation sites excluding steroid dienone is 2. The summed E-state index contributed by atoms with van der Waals surface area (Å²) in [7, 11) is 0. The monoisotopic (exact) mass is 437 g/mol. The lowest BCUT2D eigenvalue weighted by atomic mass is 9.81. The van der Waals surface area contributed by atoms with Gasteiger partial charge in [0.1, 0.15) is 16.5 Å². The van der Waals surface area contributed by atoms with Crippen LogP contribution < -0.4 is 4.74 Å². The molecule has 1 aromatic heterocycles. The number of fused-ring (bicyclic) bond motifs is 2. The van der Waals surface area contributed by atoms with E-state index in [1.807, 2.05) is 6.92 Å². The van der Waals surface area contributed by atoms with E-state index in [-0.39, 0.29) is 40.0 Å². The number of aromatic nitrogens is 1. The molecule has 0 aliphatic heterocycles. The summed E-state index contributed by atoms with van der Waals surface area (Å²) in [4.78, 5) is 16.6. The first kappa shape index (κ1) is 20.7. The quantitative estimate of drug-likeness (QED) is 0.603. The summed E-state index contributed by atoms with van der Waals surface area (Å²) in [5, 5.41) is 10.4. The minimum atomic E-state index is -4.56. The SMILES string of the molecule is CCc1ccc(Oc2ncc(C(F)(F)F)cc2Cl)cc1C1=C(O)C2CCC(C2)C1=O. The molecule has 1 N–H and O–H groups in total. The average molecular weight is 438 g/mol. The predicted molar refractivity (Wildman–Crippen MR) is 106 cm³/mol. The highest BCUT2D eigenvalue weighted by molar-refractivity contribution is 6.31. The second-order valence-electron chi connectivity index (χ2n) is 7.61. The van der Waals surface area contributed by atoms with Gasteiger partial charge in [-0.2, -0.15) is 13.2 Å². The Morgan fingerprint density at radius 2 is 1.97 bits per heavy atom. The fourth-order valence-corrected chi connectivity index (χ4v) is 4.41. The van der Waals surface area contributed by atoms with Crippen molar-refractivity contribution in [3.8, 4) is 11.6 Å². The molecular formula is C22H19ClF3NO3. The molecule has 4 nitrogen and oxygen atoms in total. The molecular weight excluding hydrogens is 419 g/mol. The molecule has 2 aliphatic rings. The lowest BCUT2D eigenvalue weighted by molar-refractivity contribution is -0.137. The first-order valence-corrected chi connectivity index (χ1v) is 10.1. The number of ether oxygens (including phenoxy) is 1. The number of benzene rings is 1. The van der Waals surface area contributed by atoms with Crippen molar-refractivity contribution in [3.63, 3.8) is 0 Å². The maximum absolute atomic E-state index is 12.9. The van der Waals surface area contributed by atoms with Gasteiger partial charge in [0.15, 0.2) is 5.78 Å². The van der Waals surface area contributed by atoms with Crippen LogP contribution in [0.25, 0.3) is 5.57 Å². The van der Waals surface area contributed by atoms with Gasteiger partial charge in [-0.15, -0.1) is 0 Å². The number of halogens is 4. The molecule has 158 valence electrons. The Kier molecular flexibility index (Phi) is 5.26. The van der Waals surface area contributed by atoms with E-state index in [1.165, 1.54) is 0 Å². The fourth-order valence-electron chi connectivity index (χ4n) is 4.20. The van der Waals surface area contributed by atoms with Crippen molar-refractivity contribution in [2.45, 2.75) is 38.8 Å². The fraction of sp³-hybridized carbons (Fsp3) is 0.364. The van der Waals surface area contributed by atoms with Gasteiger partial charge in [-0.3, -0.25) is 4.79 Å². The van der Waals surface area contributed by atoms with Crippen molar-refractivity contribution in [1.82, 2.24) is 4.98 Å². The molecule has 1 aromatic carbocycles. The second-order valence-corrected chi connectivity index (χ2v) is 8.02. The standard InChI is InChI=1S/C22H19ClF3NO3/c1-2-11-5-6-15(30-21-17(23)8-14(10-27-21)22(24,25)26)9-16(11)18-19(28)12-3-4-13(7-12)20(18)29/h5-6,8-10,12-13,28H,2-4,7H2,1H3. The number of carbonyl (C=O) groups is 1. The first-order valence-electron chi connectivity index (χ1n) is 9.70. The summed E-state index contributed by atoms with van der Waals surface area (Å²) in [6.07, 6.45) is -1.05. The van der Waals surface area contributed by atoms with Gasteiger partial charge >= 0.3 is 6.18 Å². The maximum Gasteiger partial charge on any atom is 0.417 e. The zero-order valence-electron chi connectivity index (χ0n) is 16.1. The molecule has 0 radical (unpaired) electrons. The first-order chi connectivity index (χ1) is 14.2. The molecule has 8 heteroatoms. The Labute approximate surface area is 176 Å². The van der Waals surface area contributed by atoms with Crippen LogP contribution >= 0.6 is 11.6 Å². The van der Waals surface area contributed by atoms with Gasteiger partial charge in [0, 0.05) is 18.0 Å². The molecule has 0 amide bonds. The molecule has 4 rings (SSSR count). The number of hydrogen-bond acceptors (Lipinski definition) is 4. The van der Waals surface area contributed by atoms with Crippen LogP contribution in [-0.4, -0.2) is 15.9 Å². The Morgan fingerprint density at radius 1 is 1.23 bits per heavy atom. The minimum absolute atomic E-state index is 0.0111. The summed E-state index contributed by atoms with van der Waals surface area (Å²) < 4.78 is 44.1. The maximum atomic E-state index is 12.9. The number of rotatable bonds is 4. The number of alkyl halides is 3. The normalized spacial score (nSPS) is 21.3. The number of nitrogens with zero attached hydrogens (tertiary/aromatic N) is 1. The Hall–Kier alpha value is -2.54. The van der Waals surface area contributed by atoms with Crippen LogP contribution in [0.3, 0.4) is 0 Å². The Morgan fingerprint density at radius 3 is 2.63 bits per heavy atom.